The molecule has 0 atom stereocenters. The maximum Gasteiger partial charge on any atom is 0.269 e. The van der Waals surface area contributed by atoms with Crippen LogP contribution in [-0.4, -0.2) is 27.1 Å². The Hall–Kier alpha value is -2.58. The third-order valence-electron chi connectivity index (χ3n) is 3.56. The fourth-order valence-electron chi connectivity index (χ4n) is 2.25. The number of amides is 2. The van der Waals surface area contributed by atoms with Gasteiger partial charge in [0.25, 0.3) is 5.91 Å². The molecule has 1 heterocycles. The van der Waals surface area contributed by atoms with E-state index >= 15 is 0 Å². The zero-order valence-corrected chi connectivity index (χ0v) is 15.2. The molecule has 0 saturated carbocycles. The number of hydrogen-bond donors (Lipinski definition) is 2. The van der Waals surface area contributed by atoms with Crippen LogP contribution in [0.25, 0.3) is 11.0 Å². The third kappa shape index (κ3) is 4.14. The SMILES string of the molecule is Cn1c(SCC(=O)NNC(=O)c2ccc(F)cc2)nc2cc(Cl)ccc21. The van der Waals surface area contributed by atoms with Gasteiger partial charge in [-0.05, 0) is 42.5 Å². The summed E-state index contributed by atoms with van der Waals surface area (Å²) in [4.78, 5) is 28.2. The van der Waals surface area contributed by atoms with Gasteiger partial charge in [-0.15, -0.1) is 0 Å². The molecule has 134 valence electrons. The molecule has 3 aromatic rings. The van der Waals surface area contributed by atoms with Gasteiger partial charge in [-0.3, -0.25) is 20.4 Å². The molecule has 0 aliphatic carbocycles. The van der Waals surface area contributed by atoms with Crippen molar-refractivity contribution in [2.24, 2.45) is 7.05 Å². The number of thioether (sulfide) groups is 1. The standard InChI is InChI=1S/C17H14ClFN4O2S/c1-23-14-7-4-11(18)8-13(14)20-17(23)26-9-15(24)21-22-16(25)10-2-5-12(19)6-3-10/h2-8H,9H2,1H3,(H,21,24)(H,22,25). The fraction of sp³-hybridized carbons (Fsp3) is 0.118. The van der Waals surface area contributed by atoms with Crippen LogP contribution in [0.3, 0.4) is 0 Å². The highest BCUT2D eigenvalue weighted by Crippen LogP contribution is 2.24. The summed E-state index contributed by atoms with van der Waals surface area (Å²) in [5.74, 6) is -1.30. The molecule has 1 aromatic heterocycles. The Bertz CT molecular complexity index is 975. The number of hydrogen-bond acceptors (Lipinski definition) is 4. The molecule has 0 fully saturated rings. The van der Waals surface area contributed by atoms with Gasteiger partial charge in [-0.25, -0.2) is 9.37 Å². The minimum atomic E-state index is -0.527. The summed E-state index contributed by atoms with van der Waals surface area (Å²) in [6, 6.07) is 10.4. The number of carbonyl (C=O) groups excluding carboxylic acids is 2. The molecule has 2 N–H and O–H groups in total. The number of hydrazine groups is 1. The van der Waals surface area contributed by atoms with Crippen molar-refractivity contribution in [3.05, 3.63) is 58.9 Å². The highest BCUT2D eigenvalue weighted by molar-refractivity contribution is 7.99. The number of nitrogens with zero attached hydrogens (tertiary/aromatic N) is 2. The number of imidazole rings is 1. The average Bonchev–Trinajstić information content (AvgIpc) is 2.93. The van der Waals surface area contributed by atoms with Gasteiger partial charge in [0.15, 0.2) is 5.16 Å². The van der Waals surface area contributed by atoms with Crippen molar-refractivity contribution >= 4 is 46.2 Å². The van der Waals surface area contributed by atoms with E-state index in [2.05, 4.69) is 15.8 Å². The lowest BCUT2D eigenvalue weighted by molar-refractivity contribution is -0.119. The van der Waals surface area contributed by atoms with E-state index in [1.165, 1.54) is 36.0 Å². The molecule has 3 rings (SSSR count). The van der Waals surface area contributed by atoms with E-state index in [0.717, 1.165) is 11.0 Å². The first-order valence-corrected chi connectivity index (χ1v) is 8.90. The number of nitrogens with one attached hydrogen (secondary N) is 2. The molecule has 0 unspecified atom stereocenters. The number of aromatic nitrogens is 2. The van der Waals surface area contributed by atoms with E-state index in [-0.39, 0.29) is 11.3 Å². The Labute approximate surface area is 157 Å². The van der Waals surface area contributed by atoms with Gasteiger partial charge < -0.3 is 4.57 Å². The topological polar surface area (TPSA) is 76.0 Å². The van der Waals surface area contributed by atoms with Crippen molar-refractivity contribution in [3.63, 3.8) is 0 Å². The van der Waals surface area contributed by atoms with Crippen LogP contribution in [0.15, 0.2) is 47.6 Å². The summed E-state index contributed by atoms with van der Waals surface area (Å²) in [6.45, 7) is 0. The number of benzene rings is 2. The van der Waals surface area contributed by atoms with Crippen LogP contribution in [-0.2, 0) is 11.8 Å². The van der Waals surface area contributed by atoms with Crippen molar-refractivity contribution in [1.82, 2.24) is 20.4 Å². The van der Waals surface area contributed by atoms with Crippen LogP contribution in [0.1, 0.15) is 10.4 Å². The molecule has 0 aliphatic heterocycles. The van der Waals surface area contributed by atoms with Crippen LogP contribution in [0.5, 0.6) is 0 Å². The predicted octanol–water partition coefficient (Wildman–Crippen LogP) is 2.92. The van der Waals surface area contributed by atoms with E-state index < -0.39 is 17.6 Å². The smallest absolute Gasteiger partial charge is 0.269 e. The minimum Gasteiger partial charge on any atom is -0.322 e. The molecule has 0 bridgehead atoms. The normalized spacial score (nSPS) is 10.7. The molecule has 0 aliphatic rings. The van der Waals surface area contributed by atoms with E-state index in [1.54, 1.807) is 12.1 Å². The second-order valence-corrected chi connectivity index (χ2v) is 6.76. The van der Waals surface area contributed by atoms with E-state index in [9.17, 15) is 14.0 Å². The van der Waals surface area contributed by atoms with E-state index in [4.69, 9.17) is 11.6 Å². The first-order chi connectivity index (χ1) is 12.4. The first-order valence-electron chi connectivity index (χ1n) is 7.53. The highest BCUT2D eigenvalue weighted by Gasteiger charge is 2.12. The monoisotopic (exact) mass is 392 g/mol. The summed E-state index contributed by atoms with van der Waals surface area (Å²) in [5, 5.41) is 1.25. The number of halogens is 2. The summed E-state index contributed by atoms with van der Waals surface area (Å²) < 4.78 is 14.7. The molecular formula is C17H14ClFN4O2S. The summed E-state index contributed by atoms with van der Waals surface area (Å²) in [7, 11) is 1.85. The number of carbonyl (C=O) groups is 2. The number of rotatable bonds is 4. The Balaban J connectivity index is 1.55. The second-order valence-electron chi connectivity index (χ2n) is 5.38. The van der Waals surface area contributed by atoms with Crippen molar-refractivity contribution in [1.29, 1.82) is 0 Å². The fourth-order valence-corrected chi connectivity index (χ4v) is 3.20. The highest BCUT2D eigenvalue weighted by atomic mass is 35.5. The van der Waals surface area contributed by atoms with Crippen LogP contribution < -0.4 is 10.9 Å². The molecule has 0 radical (unpaired) electrons. The van der Waals surface area contributed by atoms with Gasteiger partial charge in [0.05, 0.1) is 16.8 Å². The Morgan fingerprint density at radius 3 is 2.65 bits per heavy atom. The Morgan fingerprint density at radius 1 is 1.19 bits per heavy atom. The van der Waals surface area contributed by atoms with Crippen LogP contribution >= 0.6 is 23.4 Å². The van der Waals surface area contributed by atoms with Gasteiger partial charge in [0.1, 0.15) is 5.82 Å². The van der Waals surface area contributed by atoms with Gasteiger partial charge in [0, 0.05) is 17.6 Å². The van der Waals surface area contributed by atoms with Crippen molar-refractivity contribution < 1.29 is 14.0 Å². The van der Waals surface area contributed by atoms with E-state index in [1.807, 2.05) is 17.7 Å². The third-order valence-corrected chi connectivity index (χ3v) is 4.82. The first kappa shape index (κ1) is 18.2. The molecule has 2 amide bonds. The summed E-state index contributed by atoms with van der Waals surface area (Å²) >= 11 is 7.19. The summed E-state index contributed by atoms with van der Waals surface area (Å²) in [5.41, 5.74) is 6.49. The lowest BCUT2D eigenvalue weighted by atomic mass is 10.2. The van der Waals surface area contributed by atoms with Crippen molar-refractivity contribution in [3.8, 4) is 0 Å². The molecule has 0 spiro atoms. The average molecular weight is 393 g/mol. The maximum absolute atomic E-state index is 12.8. The van der Waals surface area contributed by atoms with Gasteiger partial charge in [-0.1, -0.05) is 23.4 Å². The predicted molar refractivity (Wildman–Crippen MR) is 98.5 cm³/mol. The lowest BCUT2D eigenvalue weighted by Crippen LogP contribution is -2.42. The van der Waals surface area contributed by atoms with Crippen molar-refractivity contribution in [2.75, 3.05) is 5.75 Å². The zero-order valence-electron chi connectivity index (χ0n) is 13.6. The quantitative estimate of drug-likeness (QED) is 0.528. The zero-order chi connectivity index (χ0) is 18.7. The molecule has 0 saturated heterocycles. The largest absolute Gasteiger partial charge is 0.322 e. The second kappa shape index (κ2) is 7.76. The van der Waals surface area contributed by atoms with Crippen LogP contribution in [0, 0.1) is 5.82 Å². The van der Waals surface area contributed by atoms with Gasteiger partial charge >= 0.3 is 0 Å². The molecule has 26 heavy (non-hydrogen) atoms. The Morgan fingerprint density at radius 2 is 1.92 bits per heavy atom. The number of fused-ring (bicyclic) bond motifs is 1. The minimum absolute atomic E-state index is 0.0641. The molecular weight excluding hydrogens is 379 g/mol. The summed E-state index contributed by atoms with van der Waals surface area (Å²) in [6.07, 6.45) is 0. The van der Waals surface area contributed by atoms with E-state index in [0.29, 0.717) is 10.2 Å². The maximum atomic E-state index is 12.8. The number of aryl methyl sites for hydroxylation is 1. The Kier molecular flexibility index (Phi) is 5.43. The van der Waals surface area contributed by atoms with Crippen LogP contribution in [0.2, 0.25) is 5.02 Å². The van der Waals surface area contributed by atoms with Gasteiger partial charge in [0.2, 0.25) is 5.91 Å². The molecule has 9 heteroatoms. The molecule has 6 nitrogen and oxygen atoms in total. The molecule has 2 aromatic carbocycles. The lowest BCUT2D eigenvalue weighted by Gasteiger charge is -2.07. The van der Waals surface area contributed by atoms with Gasteiger partial charge in [-0.2, -0.15) is 0 Å². The van der Waals surface area contributed by atoms with Crippen molar-refractivity contribution in [2.45, 2.75) is 5.16 Å². The van der Waals surface area contributed by atoms with Crippen LogP contribution in [0.4, 0.5) is 4.39 Å².